The SMILES string of the molecule is C=S(C)(=O)C1=CCCC=C1.CC. The first-order chi connectivity index (χ1) is 5.61. The maximum Gasteiger partial charge on any atom is 0.0259 e. The molecule has 0 fully saturated rings. The molecular weight excluding hydrogens is 168 g/mol. The van der Waals surface area contributed by atoms with E-state index >= 15 is 0 Å². The summed E-state index contributed by atoms with van der Waals surface area (Å²) in [6.45, 7) is 4.00. The lowest BCUT2D eigenvalue weighted by molar-refractivity contribution is 0.688. The highest BCUT2D eigenvalue weighted by atomic mass is 32.2. The predicted molar refractivity (Wildman–Crippen MR) is 59.0 cm³/mol. The Balaban J connectivity index is 0.000000561. The molecule has 0 spiro atoms. The van der Waals surface area contributed by atoms with Crippen LogP contribution in [0.2, 0.25) is 0 Å². The molecule has 1 unspecified atom stereocenters. The number of hydrogen-bond donors (Lipinski definition) is 0. The van der Waals surface area contributed by atoms with Crippen LogP contribution in [0, 0.1) is 0 Å². The molecular formula is C10H18OS. The molecule has 0 aromatic carbocycles. The van der Waals surface area contributed by atoms with Crippen molar-refractivity contribution in [2.45, 2.75) is 26.7 Å². The summed E-state index contributed by atoms with van der Waals surface area (Å²) in [6, 6.07) is 0. The van der Waals surface area contributed by atoms with Gasteiger partial charge in [0.25, 0.3) is 0 Å². The molecule has 0 N–H and O–H groups in total. The zero-order valence-corrected chi connectivity index (χ0v) is 8.99. The van der Waals surface area contributed by atoms with Crippen LogP contribution in [-0.4, -0.2) is 16.3 Å². The van der Waals surface area contributed by atoms with Gasteiger partial charge in [-0.25, -0.2) is 0 Å². The largest absolute Gasteiger partial charge is 0.263 e. The molecule has 0 amide bonds. The Morgan fingerprint density at radius 2 is 2.00 bits per heavy atom. The van der Waals surface area contributed by atoms with Gasteiger partial charge in [-0.3, -0.25) is 4.21 Å². The van der Waals surface area contributed by atoms with Gasteiger partial charge < -0.3 is 0 Å². The summed E-state index contributed by atoms with van der Waals surface area (Å²) in [4.78, 5) is 0.902. The lowest BCUT2D eigenvalue weighted by Crippen LogP contribution is -1.99. The summed E-state index contributed by atoms with van der Waals surface area (Å²) in [5, 5.41) is 0. The first-order valence-electron chi connectivity index (χ1n) is 4.29. The first kappa shape index (κ1) is 11.5. The minimum Gasteiger partial charge on any atom is -0.263 e. The first-order valence-corrected chi connectivity index (χ1v) is 6.43. The van der Waals surface area contributed by atoms with Crippen molar-refractivity contribution in [1.29, 1.82) is 0 Å². The van der Waals surface area contributed by atoms with Gasteiger partial charge in [0.1, 0.15) is 0 Å². The average molecular weight is 186 g/mol. The molecule has 0 aromatic rings. The number of rotatable bonds is 1. The van der Waals surface area contributed by atoms with Gasteiger partial charge in [-0.15, -0.1) is 0 Å². The molecule has 1 aliphatic carbocycles. The Hall–Kier alpha value is -0.500. The molecule has 70 valence electrons. The van der Waals surface area contributed by atoms with Gasteiger partial charge in [0, 0.05) is 11.2 Å². The van der Waals surface area contributed by atoms with Gasteiger partial charge >= 0.3 is 0 Å². The third kappa shape index (κ3) is 3.77. The second kappa shape index (κ2) is 5.20. The number of allylic oxidation sites excluding steroid dienone is 3. The van der Waals surface area contributed by atoms with Gasteiger partial charge in [0.15, 0.2) is 0 Å². The van der Waals surface area contributed by atoms with Crippen molar-refractivity contribution in [3.8, 4) is 0 Å². The van der Waals surface area contributed by atoms with Gasteiger partial charge in [-0.1, -0.05) is 32.1 Å². The van der Waals surface area contributed by atoms with E-state index in [0.717, 1.165) is 17.7 Å². The zero-order chi connectivity index (χ0) is 9.61. The maximum atomic E-state index is 11.3. The second-order valence-electron chi connectivity index (χ2n) is 2.59. The van der Waals surface area contributed by atoms with E-state index in [9.17, 15) is 4.21 Å². The molecule has 12 heavy (non-hydrogen) atoms. The predicted octanol–water partition coefficient (Wildman–Crippen LogP) is 2.59. The fraction of sp³-hybridized carbons (Fsp3) is 0.500. The molecule has 2 heteroatoms. The standard InChI is InChI=1S/C8H12OS.C2H6/c1-10(2,9)8-6-4-3-5-7-8;1-2/h4,6-7H,1,3,5H2,2H3;1-2H3. The quantitative estimate of drug-likeness (QED) is 0.575. The smallest absolute Gasteiger partial charge is 0.0259 e. The minimum absolute atomic E-state index is 0.902. The van der Waals surface area contributed by atoms with Crippen LogP contribution in [0.25, 0.3) is 0 Å². The summed E-state index contributed by atoms with van der Waals surface area (Å²) in [6.07, 6.45) is 9.72. The normalized spacial score (nSPS) is 20.1. The van der Waals surface area contributed by atoms with Crippen LogP contribution in [0.5, 0.6) is 0 Å². The minimum atomic E-state index is -1.95. The summed E-state index contributed by atoms with van der Waals surface area (Å²) >= 11 is 0. The van der Waals surface area contributed by atoms with E-state index < -0.39 is 9.52 Å². The lowest BCUT2D eigenvalue weighted by Gasteiger charge is -2.06. The molecule has 0 saturated carbocycles. The number of hydrogen-bond acceptors (Lipinski definition) is 1. The van der Waals surface area contributed by atoms with Crippen molar-refractivity contribution in [2.75, 3.05) is 6.26 Å². The van der Waals surface area contributed by atoms with Crippen LogP contribution >= 0.6 is 0 Å². The van der Waals surface area contributed by atoms with Crippen molar-refractivity contribution in [1.82, 2.24) is 0 Å². The van der Waals surface area contributed by atoms with Gasteiger partial charge in [0.05, 0.1) is 0 Å². The zero-order valence-electron chi connectivity index (χ0n) is 8.17. The van der Waals surface area contributed by atoms with Crippen molar-refractivity contribution >= 4 is 15.4 Å². The van der Waals surface area contributed by atoms with E-state index in [1.165, 1.54) is 0 Å². The van der Waals surface area contributed by atoms with Crippen LogP contribution < -0.4 is 0 Å². The van der Waals surface area contributed by atoms with Gasteiger partial charge in [-0.05, 0) is 28.2 Å². The lowest BCUT2D eigenvalue weighted by atomic mass is 10.2. The van der Waals surface area contributed by atoms with Crippen LogP contribution in [0.3, 0.4) is 0 Å². The van der Waals surface area contributed by atoms with Gasteiger partial charge in [-0.2, -0.15) is 0 Å². The Bertz CT molecular complexity index is 268. The van der Waals surface area contributed by atoms with E-state index in [1.54, 1.807) is 6.26 Å². The van der Waals surface area contributed by atoms with Crippen LogP contribution in [0.15, 0.2) is 23.1 Å². The molecule has 1 atom stereocenters. The second-order valence-corrected chi connectivity index (χ2v) is 5.07. The Morgan fingerprint density at radius 3 is 2.25 bits per heavy atom. The van der Waals surface area contributed by atoms with Crippen LogP contribution in [0.1, 0.15) is 26.7 Å². The fourth-order valence-electron chi connectivity index (χ4n) is 0.910. The molecule has 1 rings (SSSR count). The van der Waals surface area contributed by atoms with Crippen molar-refractivity contribution in [2.24, 2.45) is 0 Å². The monoisotopic (exact) mass is 186 g/mol. The molecule has 0 aliphatic heterocycles. The Kier molecular flexibility index (Phi) is 4.98. The van der Waals surface area contributed by atoms with E-state index in [2.05, 4.69) is 5.87 Å². The van der Waals surface area contributed by atoms with Crippen molar-refractivity contribution < 1.29 is 4.21 Å². The highest BCUT2D eigenvalue weighted by Crippen LogP contribution is 2.13. The Morgan fingerprint density at radius 1 is 1.42 bits per heavy atom. The van der Waals surface area contributed by atoms with E-state index in [-0.39, 0.29) is 0 Å². The summed E-state index contributed by atoms with van der Waals surface area (Å²) < 4.78 is 11.3. The van der Waals surface area contributed by atoms with Crippen molar-refractivity contribution in [3.05, 3.63) is 23.1 Å². The molecule has 1 nitrogen and oxygen atoms in total. The fourth-order valence-corrected chi connectivity index (χ4v) is 1.76. The summed E-state index contributed by atoms with van der Waals surface area (Å²) in [5.74, 6) is 3.60. The van der Waals surface area contributed by atoms with E-state index in [0.29, 0.717) is 0 Å². The molecule has 0 aromatic heterocycles. The van der Waals surface area contributed by atoms with Gasteiger partial charge in [0.2, 0.25) is 0 Å². The van der Waals surface area contributed by atoms with E-state index in [4.69, 9.17) is 0 Å². The summed E-state index contributed by atoms with van der Waals surface area (Å²) in [5.41, 5.74) is 0. The summed E-state index contributed by atoms with van der Waals surface area (Å²) in [7, 11) is -1.95. The average Bonchev–Trinajstić information content (AvgIpc) is 2.08. The van der Waals surface area contributed by atoms with E-state index in [1.807, 2.05) is 32.1 Å². The topological polar surface area (TPSA) is 17.1 Å². The third-order valence-electron chi connectivity index (χ3n) is 1.46. The molecule has 1 aliphatic rings. The maximum absolute atomic E-state index is 11.3. The molecule has 0 saturated heterocycles. The highest BCUT2D eigenvalue weighted by molar-refractivity contribution is 8.03. The molecule has 0 heterocycles. The highest BCUT2D eigenvalue weighted by Gasteiger charge is 2.02. The van der Waals surface area contributed by atoms with Crippen molar-refractivity contribution in [3.63, 3.8) is 0 Å². The molecule has 0 bridgehead atoms. The molecule has 0 radical (unpaired) electrons. The van der Waals surface area contributed by atoms with Crippen LogP contribution in [0.4, 0.5) is 0 Å². The van der Waals surface area contributed by atoms with Crippen LogP contribution in [-0.2, 0) is 9.52 Å². The Labute approximate surface area is 76.2 Å². The third-order valence-corrected chi connectivity index (χ3v) is 2.76.